The van der Waals surface area contributed by atoms with E-state index in [2.05, 4.69) is 10.3 Å². The zero-order chi connectivity index (χ0) is 21.3. The second-order valence-corrected chi connectivity index (χ2v) is 7.39. The average molecular weight is 407 g/mol. The maximum atomic E-state index is 12.8. The number of nitrogens with one attached hydrogen (secondary N) is 2. The molecule has 0 saturated heterocycles. The number of carbonyl (C=O) groups excluding carboxylic acids is 2. The first-order chi connectivity index (χ1) is 14.5. The highest BCUT2D eigenvalue weighted by atomic mass is 16.5. The topological polar surface area (TPSA) is 83.7 Å². The van der Waals surface area contributed by atoms with Gasteiger partial charge in [-0.3, -0.25) is 9.59 Å². The van der Waals surface area contributed by atoms with Crippen LogP contribution in [0.1, 0.15) is 34.1 Å². The fourth-order valence-electron chi connectivity index (χ4n) is 3.92. The quantitative estimate of drug-likeness (QED) is 0.681. The summed E-state index contributed by atoms with van der Waals surface area (Å²) in [6.45, 7) is 3.19. The molecule has 3 aromatic rings. The molecule has 0 unspecified atom stereocenters. The molecular weight excluding hydrogens is 382 g/mol. The largest absolute Gasteiger partial charge is 0.497 e. The summed E-state index contributed by atoms with van der Waals surface area (Å²) in [5, 5.41) is 3.94. The molecule has 2 aromatic carbocycles. The van der Waals surface area contributed by atoms with Gasteiger partial charge < -0.3 is 24.7 Å². The Morgan fingerprint density at radius 3 is 2.70 bits per heavy atom. The third kappa shape index (κ3) is 3.70. The average Bonchev–Trinajstić information content (AvgIpc) is 3.14. The van der Waals surface area contributed by atoms with Crippen molar-refractivity contribution in [3.05, 3.63) is 58.8 Å². The van der Waals surface area contributed by atoms with E-state index in [1.807, 2.05) is 41.3 Å². The first-order valence-electron chi connectivity index (χ1n) is 9.88. The Kier molecular flexibility index (Phi) is 5.35. The van der Waals surface area contributed by atoms with Gasteiger partial charge in [0.1, 0.15) is 11.5 Å². The second-order valence-electron chi connectivity index (χ2n) is 7.39. The predicted octanol–water partition coefficient (Wildman–Crippen LogP) is 3.02. The fraction of sp³-hybridized carbons (Fsp3) is 0.304. The molecule has 0 radical (unpaired) electrons. The lowest BCUT2D eigenvalue weighted by molar-refractivity contribution is -0.129. The third-order valence-electron chi connectivity index (χ3n) is 5.61. The molecule has 0 bridgehead atoms. The van der Waals surface area contributed by atoms with E-state index in [1.54, 1.807) is 21.1 Å². The Labute approximate surface area is 175 Å². The van der Waals surface area contributed by atoms with Crippen molar-refractivity contribution in [3.63, 3.8) is 0 Å². The minimum Gasteiger partial charge on any atom is -0.497 e. The molecule has 7 heteroatoms. The standard InChI is InChI=1S/C23H25N3O4/c1-14(27)26-9-8-21-19(13-26)18-11-15(4-6-20(18)25-21)23(28)24-12-16-10-17(29-2)5-7-22(16)30-3/h4-7,10-11,25H,8-9,12-13H2,1-3H3,(H,24,28). The third-order valence-corrected chi connectivity index (χ3v) is 5.61. The minimum absolute atomic E-state index is 0.0659. The summed E-state index contributed by atoms with van der Waals surface area (Å²) < 4.78 is 10.6. The lowest BCUT2D eigenvalue weighted by Crippen LogP contribution is -2.33. The van der Waals surface area contributed by atoms with E-state index in [-0.39, 0.29) is 11.8 Å². The molecule has 30 heavy (non-hydrogen) atoms. The van der Waals surface area contributed by atoms with Crippen LogP contribution in [0.3, 0.4) is 0 Å². The normalized spacial score (nSPS) is 13.1. The van der Waals surface area contributed by atoms with E-state index >= 15 is 0 Å². The van der Waals surface area contributed by atoms with Crippen LogP contribution < -0.4 is 14.8 Å². The van der Waals surface area contributed by atoms with Crippen molar-refractivity contribution in [2.45, 2.75) is 26.4 Å². The number of ether oxygens (including phenoxy) is 2. The van der Waals surface area contributed by atoms with Crippen molar-refractivity contribution in [2.75, 3.05) is 20.8 Å². The maximum absolute atomic E-state index is 12.8. The Bertz CT molecular complexity index is 1120. The highest BCUT2D eigenvalue weighted by molar-refractivity contribution is 5.99. The molecule has 0 fully saturated rings. The van der Waals surface area contributed by atoms with Crippen LogP contribution in [-0.2, 0) is 24.3 Å². The maximum Gasteiger partial charge on any atom is 0.251 e. The van der Waals surface area contributed by atoms with Crippen molar-refractivity contribution < 1.29 is 19.1 Å². The number of carbonyl (C=O) groups is 2. The monoisotopic (exact) mass is 407 g/mol. The molecule has 1 aliphatic rings. The molecule has 156 valence electrons. The van der Waals surface area contributed by atoms with Gasteiger partial charge in [-0.1, -0.05) is 0 Å². The number of fused-ring (bicyclic) bond motifs is 3. The van der Waals surface area contributed by atoms with Crippen LogP contribution in [0, 0.1) is 0 Å². The summed E-state index contributed by atoms with van der Waals surface area (Å²) in [5.41, 5.74) is 4.63. The molecular formula is C23H25N3O4. The molecule has 2 amide bonds. The molecule has 7 nitrogen and oxygen atoms in total. The number of amides is 2. The van der Waals surface area contributed by atoms with Gasteiger partial charge in [-0.25, -0.2) is 0 Å². The van der Waals surface area contributed by atoms with Crippen LogP contribution in [0.15, 0.2) is 36.4 Å². The highest BCUT2D eigenvalue weighted by Gasteiger charge is 2.22. The van der Waals surface area contributed by atoms with Gasteiger partial charge in [0.15, 0.2) is 0 Å². The van der Waals surface area contributed by atoms with Gasteiger partial charge in [0.2, 0.25) is 5.91 Å². The lowest BCUT2D eigenvalue weighted by atomic mass is 10.0. The molecule has 0 saturated carbocycles. The van der Waals surface area contributed by atoms with Crippen LogP contribution in [0.4, 0.5) is 0 Å². The van der Waals surface area contributed by atoms with Gasteiger partial charge in [0.05, 0.1) is 14.2 Å². The zero-order valence-electron chi connectivity index (χ0n) is 17.4. The van der Waals surface area contributed by atoms with Crippen molar-refractivity contribution in [3.8, 4) is 11.5 Å². The molecule has 0 atom stereocenters. The number of nitrogens with zero attached hydrogens (tertiary/aromatic N) is 1. The fourth-order valence-corrected chi connectivity index (χ4v) is 3.92. The molecule has 0 aliphatic carbocycles. The van der Waals surface area contributed by atoms with Gasteiger partial charge in [-0.05, 0) is 36.4 Å². The number of hydrogen-bond acceptors (Lipinski definition) is 4. The van der Waals surface area contributed by atoms with Gasteiger partial charge >= 0.3 is 0 Å². The molecule has 2 heterocycles. The smallest absolute Gasteiger partial charge is 0.251 e. The SMILES string of the molecule is COc1ccc(OC)c(CNC(=O)c2ccc3[nH]c4c(c3c2)CN(C(C)=O)CC4)c1. The molecule has 4 rings (SSSR count). The summed E-state index contributed by atoms with van der Waals surface area (Å²) >= 11 is 0. The molecule has 1 aromatic heterocycles. The Morgan fingerprint density at radius 2 is 1.97 bits per heavy atom. The van der Waals surface area contributed by atoms with E-state index < -0.39 is 0 Å². The zero-order valence-corrected chi connectivity index (χ0v) is 17.4. The van der Waals surface area contributed by atoms with Gasteiger partial charge in [-0.15, -0.1) is 0 Å². The van der Waals surface area contributed by atoms with Crippen LogP contribution in [-0.4, -0.2) is 42.5 Å². The van der Waals surface area contributed by atoms with Crippen molar-refractivity contribution in [1.29, 1.82) is 0 Å². The Morgan fingerprint density at radius 1 is 1.13 bits per heavy atom. The molecule has 2 N–H and O–H groups in total. The van der Waals surface area contributed by atoms with Crippen LogP contribution in [0.2, 0.25) is 0 Å². The number of benzene rings is 2. The minimum atomic E-state index is -0.170. The van der Waals surface area contributed by atoms with Gasteiger partial charge in [0.25, 0.3) is 5.91 Å². The first-order valence-corrected chi connectivity index (χ1v) is 9.88. The van der Waals surface area contributed by atoms with Gasteiger partial charge in [0, 0.05) is 66.3 Å². The predicted molar refractivity (Wildman–Crippen MR) is 114 cm³/mol. The lowest BCUT2D eigenvalue weighted by Gasteiger charge is -2.26. The number of aromatic nitrogens is 1. The van der Waals surface area contributed by atoms with Crippen molar-refractivity contribution in [1.82, 2.24) is 15.2 Å². The van der Waals surface area contributed by atoms with E-state index in [9.17, 15) is 9.59 Å². The van der Waals surface area contributed by atoms with E-state index in [0.29, 0.717) is 36.7 Å². The van der Waals surface area contributed by atoms with Crippen LogP contribution in [0.25, 0.3) is 10.9 Å². The summed E-state index contributed by atoms with van der Waals surface area (Å²) in [7, 11) is 3.20. The molecule has 1 aliphatic heterocycles. The number of hydrogen-bond donors (Lipinski definition) is 2. The van der Waals surface area contributed by atoms with E-state index in [1.165, 1.54) is 0 Å². The summed E-state index contributed by atoms with van der Waals surface area (Å²) in [6.07, 6.45) is 0.792. The first kappa shape index (κ1) is 19.8. The molecule has 0 spiro atoms. The van der Waals surface area contributed by atoms with E-state index in [4.69, 9.17) is 9.47 Å². The Balaban J connectivity index is 1.56. The number of rotatable bonds is 5. The Hall–Kier alpha value is -3.48. The van der Waals surface area contributed by atoms with E-state index in [0.717, 1.165) is 34.1 Å². The van der Waals surface area contributed by atoms with Crippen LogP contribution in [0.5, 0.6) is 11.5 Å². The highest BCUT2D eigenvalue weighted by Crippen LogP contribution is 2.29. The van der Waals surface area contributed by atoms with Crippen LogP contribution >= 0.6 is 0 Å². The summed E-state index contributed by atoms with van der Waals surface area (Å²) in [6, 6.07) is 11.1. The summed E-state index contributed by atoms with van der Waals surface area (Å²) in [5.74, 6) is 1.29. The van der Waals surface area contributed by atoms with Crippen molar-refractivity contribution in [2.24, 2.45) is 0 Å². The summed E-state index contributed by atoms with van der Waals surface area (Å²) in [4.78, 5) is 29.9. The second kappa shape index (κ2) is 8.10. The number of aromatic amines is 1. The number of methoxy groups -OCH3 is 2. The number of H-pyrrole nitrogens is 1. The van der Waals surface area contributed by atoms with Gasteiger partial charge in [-0.2, -0.15) is 0 Å². The van der Waals surface area contributed by atoms with Crippen molar-refractivity contribution >= 4 is 22.7 Å².